The van der Waals surface area contributed by atoms with E-state index in [0.717, 1.165) is 17.7 Å². The van der Waals surface area contributed by atoms with Gasteiger partial charge in [-0.05, 0) is 67.9 Å². The molecule has 0 saturated heterocycles. The summed E-state index contributed by atoms with van der Waals surface area (Å²) in [5.41, 5.74) is 1.20. The molecule has 0 bridgehead atoms. The summed E-state index contributed by atoms with van der Waals surface area (Å²) in [4.78, 5) is 27.4. The van der Waals surface area contributed by atoms with Crippen molar-refractivity contribution in [3.05, 3.63) is 83.9 Å². The maximum absolute atomic E-state index is 14.4. The molecule has 0 spiro atoms. The van der Waals surface area contributed by atoms with Crippen molar-refractivity contribution in [3.63, 3.8) is 0 Å². The molecule has 3 rings (SSSR count). The molecule has 8 nitrogen and oxygen atoms in total. The van der Waals surface area contributed by atoms with E-state index in [1.54, 1.807) is 32.3 Å². The molecule has 0 saturated carbocycles. The van der Waals surface area contributed by atoms with E-state index in [-0.39, 0.29) is 23.0 Å². The first-order valence-electron chi connectivity index (χ1n) is 10.1. The molecule has 0 unspecified atom stereocenters. The maximum atomic E-state index is 14.4. The van der Waals surface area contributed by atoms with Crippen molar-refractivity contribution >= 4 is 27.5 Å². The Hall–Kier alpha value is -3.79. The van der Waals surface area contributed by atoms with Crippen LogP contribution in [0.5, 0.6) is 0 Å². The number of sulfone groups is 1. The van der Waals surface area contributed by atoms with Gasteiger partial charge < -0.3 is 16.0 Å². The first-order chi connectivity index (χ1) is 15.7. The Balaban J connectivity index is 1.73. The lowest BCUT2D eigenvalue weighted by atomic mass is 10.2. The van der Waals surface area contributed by atoms with E-state index in [9.17, 15) is 22.4 Å². The number of aromatic nitrogens is 1. The number of hydrogen-bond donors (Lipinski definition) is 3. The minimum absolute atomic E-state index is 0.0345. The summed E-state index contributed by atoms with van der Waals surface area (Å²) in [6, 6.07) is 11.4. The third-order valence-electron chi connectivity index (χ3n) is 4.50. The van der Waals surface area contributed by atoms with Crippen LogP contribution < -0.4 is 16.0 Å². The number of hydrogen-bond acceptors (Lipinski definition) is 5. The van der Waals surface area contributed by atoms with Crippen LogP contribution in [0.4, 0.5) is 14.9 Å². The first-order valence-corrected chi connectivity index (χ1v) is 11.5. The van der Waals surface area contributed by atoms with Crippen molar-refractivity contribution in [3.8, 4) is 0 Å². The predicted octanol–water partition coefficient (Wildman–Crippen LogP) is 3.51. The third kappa shape index (κ3) is 6.13. The van der Waals surface area contributed by atoms with Crippen molar-refractivity contribution in [2.24, 2.45) is 0 Å². The van der Waals surface area contributed by atoms with Crippen LogP contribution in [0.1, 0.15) is 29.8 Å². The van der Waals surface area contributed by atoms with Gasteiger partial charge >= 0.3 is 6.03 Å². The molecule has 1 aromatic heterocycles. The van der Waals surface area contributed by atoms with Crippen molar-refractivity contribution in [2.45, 2.75) is 36.2 Å². The quantitative estimate of drug-likeness (QED) is 0.489. The third-order valence-corrected chi connectivity index (χ3v) is 6.29. The minimum atomic E-state index is -4.24. The van der Waals surface area contributed by atoms with Gasteiger partial charge in [-0.15, -0.1) is 0 Å². The molecular weight excluding hydrogens is 447 g/mol. The van der Waals surface area contributed by atoms with E-state index in [1.165, 1.54) is 30.3 Å². The Kier molecular flexibility index (Phi) is 7.39. The van der Waals surface area contributed by atoms with Crippen LogP contribution in [0.25, 0.3) is 0 Å². The number of urea groups is 1. The molecule has 0 aliphatic carbocycles. The van der Waals surface area contributed by atoms with Gasteiger partial charge in [0.25, 0.3) is 5.91 Å². The van der Waals surface area contributed by atoms with Crippen LogP contribution in [0.2, 0.25) is 0 Å². The lowest BCUT2D eigenvalue weighted by Gasteiger charge is -2.11. The molecule has 1 heterocycles. The number of rotatable bonds is 7. The van der Waals surface area contributed by atoms with E-state index in [0.29, 0.717) is 5.69 Å². The van der Waals surface area contributed by atoms with Crippen molar-refractivity contribution in [1.82, 2.24) is 15.6 Å². The second kappa shape index (κ2) is 10.2. The van der Waals surface area contributed by atoms with Gasteiger partial charge in [-0.2, -0.15) is 0 Å². The zero-order valence-electron chi connectivity index (χ0n) is 18.0. The molecule has 3 aromatic rings. The smallest absolute Gasteiger partial charge is 0.319 e. The highest BCUT2D eigenvalue weighted by Gasteiger charge is 2.24. The Morgan fingerprint density at radius 3 is 2.42 bits per heavy atom. The summed E-state index contributed by atoms with van der Waals surface area (Å²) in [5, 5.41) is 7.89. The molecule has 0 aliphatic rings. The standard InChI is InChI=1S/C23H23FN4O4S/c1-15(2)27-22(29)17-5-10-20(24)21(12-17)33(31,32)19-8-6-18(7-9-19)28-23(30)26-14-16-4-3-11-25-13-16/h3-13,15H,14H2,1-2H3,(H,27,29)(H2,26,28,30). The lowest BCUT2D eigenvalue weighted by Crippen LogP contribution is -2.30. The molecule has 3 N–H and O–H groups in total. The van der Waals surface area contributed by atoms with Gasteiger partial charge in [-0.25, -0.2) is 17.6 Å². The molecule has 10 heteroatoms. The van der Waals surface area contributed by atoms with E-state index >= 15 is 0 Å². The Morgan fingerprint density at radius 2 is 1.79 bits per heavy atom. The van der Waals surface area contributed by atoms with Gasteiger partial charge in [-0.1, -0.05) is 6.07 Å². The minimum Gasteiger partial charge on any atom is -0.350 e. The Bertz CT molecular complexity index is 1250. The number of amides is 3. The van der Waals surface area contributed by atoms with Crippen molar-refractivity contribution in [2.75, 3.05) is 5.32 Å². The van der Waals surface area contributed by atoms with Gasteiger partial charge in [-0.3, -0.25) is 9.78 Å². The highest BCUT2D eigenvalue weighted by molar-refractivity contribution is 7.91. The SMILES string of the molecule is CC(C)NC(=O)c1ccc(F)c(S(=O)(=O)c2ccc(NC(=O)NCc3cccnc3)cc2)c1. The molecule has 0 radical (unpaired) electrons. The van der Waals surface area contributed by atoms with E-state index in [1.807, 2.05) is 6.07 Å². The second-order valence-electron chi connectivity index (χ2n) is 7.47. The van der Waals surface area contributed by atoms with Crippen molar-refractivity contribution in [1.29, 1.82) is 0 Å². The Labute approximate surface area is 191 Å². The molecule has 3 amide bonds. The van der Waals surface area contributed by atoms with Gasteiger partial charge in [0.1, 0.15) is 10.7 Å². The number of nitrogens with one attached hydrogen (secondary N) is 3. The van der Waals surface area contributed by atoms with Crippen molar-refractivity contribution < 1.29 is 22.4 Å². The summed E-state index contributed by atoms with van der Waals surface area (Å²) in [5.74, 6) is -1.47. The highest BCUT2D eigenvalue weighted by atomic mass is 32.2. The fourth-order valence-electron chi connectivity index (χ4n) is 2.90. The number of halogens is 1. The summed E-state index contributed by atoms with van der Waals surface area (Å²) >= 11 is 0. The topological polar surface area (TPSA) is 117 Å². The highest BCUT2D eigenvalue weighted by Crippen LogP contribution is 2.25. The van der Waals surface area contributed by atoms with E-state index < -0.39 is 32.5 Å². The Morgan fingerprint density at radius 1 is 1.06 bits per heavy atom. The normalized spacial score (nSPS) is 11.2. The zero-order valence-corrected chi connectivity index (χ0v) is 18.8. The molecule has 2 aromatic carbocycles. The van der Waals surface area contributed by atoms with Crippen LogP contribution in [-0.4, -0.2) is 31.4 Å². The molecule has 0 fully saturated rings. The number of nitrogens with zero attached hydrogens (tertiary/aromatic N) is 1. The zero-order chi connectivity index (χ0) is 24.0. The largest absolute Gasteiger partial charge is 0.350 e. The summed E-state index contributed by atoms with van der Waals surface area (Å²) < 4.78 is 40.3. The number of pyridine rings is 1. The first kappa shape index (κ1) is 23.9. The average molecular weight is 471 g/mol. The van der Waals surface area contributed by atoms with E-state index in [2.05, 4.69) is 20.9 Å². The van der Waals surface area contributed by atoms with Crippen LogP contribution in [-0.2, 0) is 16.4 Å². The van der Waals surface area contributed by atoms with Crippen LogP contribution in [0.3, 0.4) is 0 Å². The molecule has 33 heavy (non-hydrogen) atoms. The molecular formula is C23H23FN4O4S. The summed E-state index contributed by atoms with van der Waals surface area (Å²) in [6.07, 6.45) is 3.25. The van der Waals surface area contributed by atoms with Gasteiger partial charge in [0.2, 0.25) is 9.84 Å². The van der Waals surface area contributed by atoms with Crippen LogP contribution in [0.15, 0.2) is 76.8 Å². The maximum Gasteiger partial charge on any atom is 0.319 e. The number of benzene rings is 2. The van der Waals surface area contributed by atoms with Crippen LogP contribution in [0, 0.1) is 5.82 Å². The summed E-state index contributed by atoms with van der Waals surface area (Å²) in [7, 11) is -4.24. The van der Waals surface area contributed by atoms with E-state index in [4.69, 9.17) is 0 Å². The fraction of sp³-hybridized carbons (Fsp3) is 0.174. The monoisotopic (exact) mass is 470 g/mol. The number of carbonyl (C=O) groups excluding carboxylic acids is 2. The number of anilines is 1. The predicted molar refractivity (Wildman–Crippen MR) is 121 cm³/mol. The lowest BCUT2D eigenvalue weighted by molar-refractivity contribution is 0.0943. The molecule has 172 valence electrons. The van der Waals surface area contributed by atoms with Gasteiger partial charge in [0.15, 0.2) is 0 Å². The average Bonchev–Trinajstić information content (AvgIpc) is 2.78. The van der Waals surface area contributed by atoms with Gasteiger partial charge in [0, 0.05) is 36.2 Å². The summed E-state index contributed by atoms with van der Waals surface area (Å²) in [6.45, 7) is 3.79. The second-order valence-corrected chi connectivity index (χ2v) is 9.39. The van der Waals surface area contributed by atoms with Crippen LogP contribution >= 0.6 is 0 Å². The fourth-order valence-corrected chi connectivity index (χ4v) is 4.26. The van der Waals surface area contributed by atoms with Gasteiger partial charge in [0.05, 0.1) is 4.90 Å². The molecule has 0 atom stereocenters. The number of carbonyl (C=O) groups is 2. The molecule has 0 aliphatic heterocycles.